The smallest absolute Gasteiger partial charge is 0.247 e. The molecule has 1 N–H and O–H groups in total. The van der Waals surface area contributed by atoms with E-state index in [0.717, 1.165) is 22.0 Å². The fraction of sp³-hybridized carbons (Fsp3) is 0.214. The van der Waals surface area contributed by atoms with Crippen molar-refractivity contribution in [1.82, 2.24) is 14.8 Å². The van der Waals surface area contributed by atoms with E-state index in [4.69, 9.17) is 11.6 Å². The number of rotatable bonds is 4. The van der Waals surface area contributed by atoms with E-state index in [-0.39, 0.29) is 12.5 Å². The zero-order valence-electron chi connectivity index (χ0n) is 12.0. The molecule has 3 rings (SSSR count). The van der Waals surface area contributed by atoms with Gasteiger partial charge in [0.1, 0.15) is 6.54 Å². The van der Waals surface area contributed by atoms with Crippen molar-refractivity contribution in [2.45, 2.75) is 20.4 Å². The lowest BCUT2D eigenvalue weighted by Crippen LogP contribution is -2.20. The van der Waals surface area contributed by atoms with Crippen molar-refractivity contribution in [1.29, 1.82) is 0 Å². The molecule has 0 spiro atoms. The Morgan fingerprint density at radius 2 is 2.23 bits per heavy atom. The SMILES string of the molecule is Cc1nn(CC(=O)Nc2nc(-c3cccs3)cs2)c(C)c1Cl. The van der Waals surface area contributed by atoms with E-state index < -0.39 is 0 Å². The van der Waals surface area contributed by atoms with E-state index in [0.29, 0.717) is 10.2 Å². The lowest BCUT2D eigenvalue weighted by molar-refractivity contribution is -0.116. The lowest BCUT2D eigenvalue weighted by Gasteiger charge is -2.04. The number of hydrogen-bond donors (Lipinski definition) is 1. The summed E-state index contributed by atoms with van der Waals surface area (Å²) in [6.45, 7) is 3.78. The van der Waals surface area contributed by atoms with Gasteiger partial charge in [0, 0.05) is 5.38 Å². The lowest BCUT2D eigenvalue weighted by atomic mass is 10.4. The number of thiazole rings is 1. The molecule has 0 radical (unpaired) electrons. The summed E-state index contributed by atoms with van der Waals surface area (Å²) in [5.41, 5.74) is 2.39. The van der Waals surface area contributed by atoms with Crippen molar-refractivity contribution < 1.29 is 4.79 Å². The first-order chi connectivity index (χ1) is 10.5. The molecule has 114 valence electrons. The summed E-state index contributed by atoms with van der Waals surface area (Å²) >= 11 is 9.11. The first kappa shape index (κ1) is 15.2. The molecule has 0 aliphatic rings. The van der Waals surface area contributed by atoms with Crippen LogP contribution >= 0.6 is 34.3 Å². The van der Waals surface area contributed by atoms with Crippen molar-refractivity contribution >= 4 is 45.3 Å². The van der Waals surface area contributed by atoms with Gasteiger partial charge in [-0.15, -0.1) is 22.7 Å². The van der Waals surface area contributed by atoms with Gasteiger partial charge in [-0.25, -0.2) is 4.98 Å². The minimum Gasteiger partial charge on any atom is -0.300 e. The van der Waals surface area contributed by atoms with Gasteiger partial charge in [0.25, 0.3) is 0 Å². The maximum atomic E-state index is 12.1. The average Bonchev–Trinajstić information content (AvgIpc) is 3.18. The Hall–Kier alpha value is -1.70. The summed E-state index contributed by atoms with van der Waals surface area (Å²) in [5, 5.41) is 12.2. The van der Waals surface area contributed by atoms with Crippen LogP contribution in [0.4, 0.5) is 5.13 Å². The summed E-state index contributed by atoms with van der Waals surface area (Å²) < 4.78 is 1.60. The van der Waals surface area contributed by atoms with Gasteiger partial charge in [0.15, 0.2) is 5.13 Å². The quantitative estimate of drug-likeness (QED) is 0.772. The third-order valence-electron chi connectivity index (χ3n) is 3.11. The van der Waals surface area contributed by atoms with Gasteiger partial charge in [-0.2, -0.15) is 5.10 Å². The minimum absolute atomic E-state index is 0.118. The Labute approximate surface area is 140 Å². The van der Waals surface area contributed by atoms with Crippen LogP contribution < -0.4 is 5.32 Å². The van der Waals surface area contributed by atoms with Gasteiger partial charge in [-0.05, 0) is 25.3 Å². The molecule has 0 saturated carbocycles. The van der Waals surface area contributed by atoms with Crippen LogP contribution in [0, 0.1) is 13.8 Å². The van der Waals surface area contributed by atoms with Crippen LogP contribution in [0.15, 0.2) is 22.9 Å². The zero-order valence-corrected chi connectivity index (χ0v) is 14.3. The van der Waals surface area contributed by atoms with Gasteiger partial charge in [-0.3, -0.25) is 9.48 Å². The first-order valence-corrected chi connectivity index (χ1v) is 8.67. The minimum atomic E-state index is -0.172. The van der Waals surface area contributed by atoms with Gasteiger partial charge >= 0.3 is 0 Å². The molecule has 3 heterocycles. The molecule has 0 fully saturated rings. The van der Waals surface area contributed by atoms with Gasteiger partial charge in [-0.1, -0.05) is 17.7 Å². The first-order valence-electron chi connectivity index (χ1n) is 6.53. The number of amides is 1. The molecule has 0 aliphatic carbocycles. The Bertz CT molecular complexity index is 807. The van der Waals surface area contributed by atoms with Crippen LogP contribution in [0.3, 0.4) is 0 Å². The summed E-state index contributed by atoms with van der Waals surface area (Å²) in [5.74, 6) is -0.172. The van der Waals surface area contributed by atoms with E-state index in [9.17, 15) is 4.79 Å². The Kier molecular flexibility index (Phi) is 4.28. The zero-order chi connectivity index (χ0) is 15.7. The number of carbonyl (C=O) groups is 1. The number of thiophene rings is 1. The van der Waals surface area contributed by atoms with Crippen LogP contribution in [0.5, 0.6) is 0 Å². The number of halogens is 1. The number of hydrogen-bond acceptors (Lipinski definition) is 5. The van der Waals surface area contributed by atoms with Crippen LogP contribution in [0.1, 0.15) is 11.4 Å². The number of anilines is 1. The largest absolute Gasteiger partial charge is 0.300 e. The predicted octanol–water partition coefficient (Wildman–Crippen LogP) is 3.98. The highest BCUT2D eigenvalue weighted by Crippen LogP contribution is 2.28. The molecule has 0 bridgehead atoms. The average molecular weight is 353 g/mol. The third-order valence-corrected chi connectivity index (χ3v) is 5.31. The maximum Gasteiger partial charge on any atom is 0.247 e. The molecule has 22 heavy (non-hydrogen) atoms. The van der Waals surface area contributed by atoms with Crippen molar-refractivity contribution in [2.24, 2.45) is 0 Å². The molecule has 3 aromatic rings. The Balaban J connectivity index is 1.68. The Morgan fingerprint density at radius 1 is 1.41 bits per heavy atom. The maximum absolute atomic E-state index is 12.1. The van der Waals surface area contributed by atoms with Crippen LogP contribution in [-0.4, -0.2) is 20.7 Å². The molecule has 8 heteroatoms. The molecule has 0 aliphatic heterocycles. The second-order valence-electron chi connectivity index (χ2n) is 4.71. The third kappa shape index (κ3) is 3.06. The molecular formula is C14H13ClN4OS2. The van der Waals surface area contributed by atoms with Crippen LogP contribution in [-0.2, 0) is 11.3 Å². The number of nitrogens with one attached hydrogen (secondary N) is 1. The molecule has 1 amide bonds. The Morgan fingerprint density at radius 3 is 2.86 bits per heavy atom. The number of nitrogens with zero attached hydrogens (tertiary/aromatic N) is 3. The molecule has 0 unspecified atom stereocenters. The second kappa shape index (κ2) is 6.20. The number of carbonyl (C=O) groups excluding carboxylic acids is 1. The number of aromatic nitrogens is 3. The van der Waals surface area contributed by atoms with E-state index in [1.165, 1.54) is 11.3 Å². The van der Waals surface area contributed by atoms with Crippen molar-refractivity contribution in [3.05, 3.63) is 39.3 Å². The predicted molar refractivity (Wildman–Crippen MR) is 90.8 cm³/mol. The summed E-state index contributed by atoms with van der Waals surface area (Å²) in [6.07, 6.45) is 0. The van der Waals surface area contributed by atoms with E-state index in [1.54, 1.807) is 16.0 Å². The van der Waals surface area contributed by atoms with E-state index in [1.807, 2.05) is 36.7 Å². The summed E-state index contributed by atoms with van der Waals surface area (Å²) in [4.78, 5) is 17.6. The van der Waals surface area contributed by atoms with E-state index >= 15 is 0 Å². The fourth-order valence-corrected chi connectivity index (χ4v) is 3.62. The van der Waals surface area contributed by atoms with Crippen molar-refractivity contribution in [3.63, 3.8) is 0 Å². The highest BCUT2D eigenvalue weighted by molar-refractivity contribution is 7.16. The molecule has 0 saturated heterocycles. The summed E-state index contributed by atoms with van der Waals surface area (Å²) in [7, 11) is 0. The monoisotopic (exact) mass is 352 g/mol. The van der Waals surface area contributed by atoms with Crippen LogP contribution in [0.25, 0.3) is 10.6 Å². The van der Waals surface area contributed by atoms with Gasteiger partial charge < -0.3 is 5.32 Å². The normalized spacial score (nSPS) is 10.9. The second-order valence-corrected chi connectivity index (χ2v) is 6.89. The molecule has 0 atom stereocenters. The van der Waals surface area contributed by atoms with Gasteiger partial charge in [0.2, 0.25) is 5.91 Å². The van der Waals surface area contributed by atoms with Crippen LogP contribution in [0.2, 0.25) is 5.02 Å². The number of aryl methyl sites for hydroxylation is 1. The fourth-order valence-electron chi connectivity index (χ4n) is 1.99. The molecular weight excluding hydrogens is 340 g/mol. The van der Waals surface area contributed by atoms with E-state index in [2.05, 4.69) is 15.4 Å². The highest BCUT2D eigenvalue weighted by Gasteiger charge is 2.13. The summed E-state index contributed by atoms with van der Waals surface area (Å²) in [6, 6.07) is 3.98. The van der Waals surface area contributed by atoms with Gasteiger partial charge in [0.05, 0.1) is 27.0 Å². The molecule has 3 aromatic heterocycles. The molecule has 0 aromatic carbocycles. The van der Waals surface area contributed by atoms with Crippen molar-refractivity contribution in [3.8, 4) is 10.6 Å². The highest BCUT2D eigenvalue weighted by atomic mass is 35.5. The molecule has 5 nitrogen and oxygen atoms in total. The standard InChI is InChI=1S/C14H13ClN4OS2/c1-8-13(15)9(2)19(18-8)6-12(20)17-14-16-10(7-22-14)11-4-3-5-21-11/h3-5,7H,6H2,1-2H3,(H,16,17,20). The van der Waals surface area contributed by atoms with Crippen molar-refractivity contribution in [2.75, 3.05) is 5.32 Å². The topological polar surface area (TPSA) is 59.8 Å².